The van der Waals surface area contributed by atoms with Gasteiger partial charge in [-0.2, -0.15) is 5.10 Å². The number of terminal acetylenes is 1. The maximum absolute atomic E-state index is 12.2. The molecule has 3 rings (SSSR count). The van der Waals surface area contributed by atoms with Gasteiger partial charge in [0.2, 0.25) is 6.10 Å². The Balaban J connectivity index is 1.60. The molecule has 0 aliphatic carbocycles. The predicted octanol–water partition coefficient (Wildman–Crippen LogP) is 2.39. The van der Waals surface area contributed by atoms with Gasteiger partial charge in [0.05, 0.1) is 12.8 Å². The van der Waals surface area contributed by atoms with Gasteiger partial charge in [0.1, 0.15) is 13.2 Å². The number of amides is 1. The quantitative estimate of drug-likeness (QED) is 0.453. The molecule has 0 unspecified atom stereocenters. The molecular weight excluding hydrogens is 360 g/mol. The third kappa shape index (κ3) is 4.74. The first kappa shape index (κ1) is 19.1. The minimum absolute atomic E-state index is 0.119. The van der Waals surface area contributed by atoms with Crippen LogP contribution in [-0.4, -0.2) is 38.0 Å². The minimum Gasteiger partial charge on any atom is -0.490 e. The van der Waals surface area contributed by atoms with Gasteiger partial charge in [-0.05, 0) is 42.8 Å². The van der Waals surface area contributed by atoms with E-state index in [1.54, 1.807) is 30.3 Å². The Bertz CT molecular complexity index is 904. The fourth-order valence-electron chi connectivity index (χ4n) is 2.50. The monoisotopic (exact) mass is 380 g/mol. The van der Waals surface area contributed by atoms with Crippen molar-refractivity contribution in [3.63, 3.8) is 0 Å². The van der Waals surface area contributed by atoms with E-state index in [-0.39, 0.29) is 13.2 Å². The van der Waals surface area contributed by atoms with Crippen LogP contribution in [0.4, 0.5) is 0 Å². The molecule has 144 valence electrons. The van der Waals surface area contributed by atoms with Gasteiger partial charge < -0.3 is 18.9 Å². The third-order valence-corrected chi connectivity index (χ3v) is 3.77. The molecule has 1 aliphatic rings. The lowest BCUT2D eigenvalue weighted by Crippen LogP contribution is -2.42. The van der Waals surface area contributed by atoms with Crippen LogP contribution in [0.25, 0.3) is 0 Å². The van der Waals surface area contributed by atoms with Crippen LogP contribution < -0.4 is 24.4 Å². The standard InChI is InChI=1S/C21H20N2O5/c1-3-11-26-17-10-9-15(12-19(17)25-4-2)13-22-23-21(24)20-14-27-16-7-5-6-8-18(16)28-20/h1,5-10,12-13,20H,4,11,14H2,2H3,(H,23,24)/b22-13-/t20-/m1/s1. The molecule has 2 aromatic rings. The molecule has 0 saturated heterocycles. The Morgan fingerprint density at radius 2 is 2.11 bits per heavy atom. The van der Waals surface area contributed by atoms with Gasteiger partial charge in [0.15, 0.2) is 23.0 Å². The lowest BCUT2D eigenvalue weighted by atomic mass is 10.2. The van der Waals surface area contributed by atoms with E-state index in [1.165, 1.54) is 6.21 Å². The minimum atomic E-state index is -0.773. The highest BCUT2D eigenvalue weighted by Crippen LogP contribution is 2.31. The number of hydrazone groups is 1. The van der Waals surface area contributed by atoms with Gasteiger partial charge in [-0.25, -0.2) is 5.43 Å². The molecule has 7 nitrogen and oxygen atoms in total. The maximum Gasteiger partial charge on any atom is 0.284 e. The summed E-state index contributed by atoms with van der Waals surface area (Å²) in [5.74, 6) is 4.26. The van der Waals surface area contributed by atoms with Crippen LogP contribution in [0.5, 0.6) is 23.0 Å². The van der Waals surface area contributed by atoms with Crippen LogP contribution in [0.15, 0.2) is 47.6 Å². The SMILES string of the molecule is C#CCOc1ccc(/C=N\NC(=O)[C@H]2COc3ccccc3O2)cc1OCC. The molecule has 2 aromatic carbocycles. The highest BCUT2D eigenvalue weighted by molar-refractivity contribution is 5.85. The number of para-hydroxylation sites is 2. The predicted molar refractivity (Wildman–Crippen MR) is 104 cm³/mol. The largest absolute Gasteiger partial charge is 0.490 e. The second-order valence-corrected chi connectivity index (χ2v) is 5.73. The normalized spacial score (nSPS) is 14.9. The van der Waals surface area contributed by atoms with E-state index in [0.717, 1.165) is 5.56 Å². The summed E-state index contributed by atoms with van der Waals surface area (Å²) in [6.07, 6.45) is 5.95. The summed E-state index contributed by atoms with van der Waals surface area (Å²) in [7, 11) is 0. The number of nitrogens with one attached hydrogen (secondary N) is 1. The van der Waals surface area contributed by atoms with Crippen molar-refractivity contribution in [1.29, 1.82) is 0 Å². The summed E-state index contributed by atoms with van der Waals surface area (Å²) in [5, 5.41) is 3.98. The number of benzene rings is 2. The zero-order valence-corrected chi connectivity index (χ0v) is 15.4. The molecule has 0 radical (unpaired) electrons. The van der Waals surface area contributed by atoms with Gasteiger partial charge in [-0.1, -0.05) is 18.1 Å². The van der Waals surface area contributed by atoms with Crippen molar-refractivity contribution in [2.75, 3.05) is 19.8 Å². The molecule has 0 aromatic heterocycles. The first-order valence-electron chi connectivity index (χ1n) is 8.75. The van der Waals surface area contributed by atoms with Crippen molar-refractivity contribution in [2.45, 2.75) is 13.0 Å². The molecular formula is C21H20N2O5. The average molecular weight is 380 g/mol. The van der Waals surface area contributed by atoms with E-state index in [1.807, 2.05) is 19.1 Å². The molecule has 1 heterocycles. The Kier molecular flexibility index (Phi) is 6.37. The molecule has 0 saturated carbocycles. The Morgan fingerprint density at radius 1 is 1.29 bits per heavy atom. The number of fused-ring (bicyclic) bond motifs is 1. The highest BCUT2D eigenvalue weighted by Gasteiger charge is 2.26. The molecule has 28 heavy (non-hydrogen) atoms. The van der Waals surface area contributed by atoms with Gasteiger partial charge in [0, 0.05) is 0 Å². The van der Waals surface area contributed by atoms with E-state index in [0.29, 0.717) is 29.6 Å². The zero-order chi connectivity index (χ0) is 19.8. The van der Waals surface area contributed by atoms with E-state index in [2.05, 4.69) is 16.4 Å². The number of hydrogen-bond donors (Lipinski definition) is 1. The van der Waals surface area contributed by atoms with Crippen LogP contribution in [0.2, 0.25) is 0 Å². The molecule has 7 heteroatoms. The van der Waals surface area contributed by atoms with Gasteiger partial charge in [0.25, 0.3) is 5.91 Å². The summed E-state index contributed by atoms with van der Waals surface area (Å²) < 4.78 is 22.2. The zero-order valence-electron chi connectivity index (χ0n) is 15.4. The van der Waals surface area contributed by atoms with Crippen LogP contribution >= 0.6 is 0 Å². The number of carbonyl (C=O) groups is 1. The van der Waals surface area contributed by atoms with Crippen LogP contribution in [0, 0.1) is 12.3 Å². The molecule has 0 spiro atoms. The molecule has 1 N–H and O–H groups in total. The van der Waals surface area contributed by atoms with Crippen molar-refractivity contribution in [1.82, 2.24) is 5.43 Å². The van der Waals surface area contributed by atoms with Crippen LogP contribution in [-0.2, 0) is 4.79 Å². The van der Waals surface area contributed by atoms with Gasteiger partial charge in [-0.3, -0.25) is 4.79 Å². The summed E-state index contributed by atoms with van der Waals surface area (Å²) in [6.45, 7) is 2.62. The van der Waals surface area contributed by atoms with Gasteiger partial charge in [-0.15, -0.1) is 6.42 Å². The molecule has 0 bridgehead atoms. The van der Waals surface area contributed by atoms with Crippen molar-refractivity contribution in [3.8, 4) is 35.3 Å². The first-order chi connectivity index (χ1) is 13.7. The summed E-state index contributed by atoms with van der Waals surface area (Å²) >= 11 is 0. The smallest absolute Gasteiger partial charge is 0.284 e. The third-order valence-electron chi connectivity index (χ3n) is 3.77. The Morgan fingerprint density at radius 3 is 2.89 bits per heavy atom. The van der Waals surface area contributed by atoms with Crippen molar-refractivity contribution >= 4 is 12.1 Å². The topological polar surface area (TPSA) is 78.4 Å². The molecule has 1 atom stereocenters. The van der Waals surface area contributed by atoms with Crippen LogP contribution in [0.3, 0.4) is 0 Å². The second kappa shape index (κ2) is 9.33. The Hall–Kier alpha value is -3.66. The number of rotatable bonds is 7. The number of carbonyl (C=O) groups excluding carboxylic acids is 1. The summed E-state index contributed by atoms with van der Waals surface area (Å²) in [4.78, 5) is 12.2. The average Bonchev–Trinajstić information content (AvgIpc) is 2.73. The van der Waals surface area contributed by atoms with E-state index >= 15 is 0 Å². The molecule has 1 amide bonds. The number of ether oxygens (including phenoxy) is 4. The summed E-state index contributed by atoms with van der Waals surface area (Å²) in [5.41, 5.74) is 3.18. The van der Waals surface area contributed by atoms with Crippen LogP contribution in [0.1, 0.15) is 12.5 Å². The maximum atomic E-state index is 12.2. The molecule has 0 fully saturated rings. The van der Waals surface area contributed by atoms with Crippen molar-refractivity contribution < 1.29 is 23.7 Å². The Labute approximate surface area is 163 Å². The van der Waals surface area contributed by atoms with Gasteiger partial charge >= 0.3 is 0 Å². The first-order valence-corrected chi connectivity index (χ1v) is 8.75. The number of nitrogens with zero attached hydrogens (tertiary/aromatic N) is 1. The highest BCUT2D eigenvalue weighted by atomic mass is 16.6. The second-order valence-electron chi connectivity index (χ2n) is 5.73. The number of hydrogen-bond acceptors (Lipinski definition) is 6. The lowest BCUT2D eigenvalue weighted by molar-refractivity contribution is -0.130. The van der Waals surface area contributed by atoms with Crippen molar-refractivity contribution in [3.05, 3.63) is 48.0 Å². The van der Waals surface area contributed by atoms with Crippen molar-refractivity contribution in [2.24, 2.45) is 5.10 Å². The fraction of sp³-hybridized carbons (Fsp3) is 0.238. The molecule has 1 aliphatic heterocycles. The lowest BCUT2D eigenvalue weighted by Gasteiger charge is -2.24. The fourth-order valence-corrected chi connectivity index (χ4v) is 2.50. The van der Waals surface area contributed by atoms with E-state index in [9.17, 15) is 4.79 Å². The van der Waals surface area contributed by atoms with E-state index in [4.69, 9.17) is 25.4 Å². The van der Waals surface area contributed by atoms with E-state index < -0.39 is 12.0 Å². The summed E-state index contributed by atoms with van der Waals surface area (Å²) in [6, 6.07) is 12.5.